The second-order valence-electron chi connectivity index (χ2n) is 5.86. The number of anilines is 3. The number of halogens is 2. The van der Waals surface area contributed by atoms with Crippen LogP contribution in [0.2, 0.25) is 0 Å². The third kappa shape index (κ3) is 4.80. The molecule has 148 valence electrons. The van der Waals surface area contributed by atoms with E-state index < -0.39 is 23.4 Å². The van der Waals surface area contributed by atoms with Crippen LogP contribution in [0.25, 0.3) is 0 Å². The van der Waals surface area contributed by atoms with Crippen LogP contribution >= 0.6 is 0 Å². The number of nitrogens with zero attached hydrogens (tertiary/aromatic N) is 2. The lowest BCUT2D eigenvalue weighted by molar-refractivity contribution is -0.115. The van der Waals surface area contributed by atoms with Crippen molar-refractivity contribution in [2.45, 2.75) is 6.42 Å². The molecule has 0 aliphatic carbocycles. The Hall–Kier alpha value is -4.08. The Bertz CT molecular complexity index is 1060. The number of aromatic nitrogens is 2. The summed E-state index contributed by atoms with van der Waals surface area (Å²) in [4.78, 5) is 32.1. The molecule has 1 aromatic heterocycles. The molecule has 0 saturated heterocycles. The van der Waals surface area contributed by atoms with E-state index in [1.165, 1.54) is 36.4 Å². The third-order valence-corrected chi connectivity index (χ3v) is 3.86. The average Bonchev–Trinajstić information content (AvgIpc) is 2.70. The number of hydrazine groups is 1. The van der Waals surface area contributed by atoms with E-state index in [1.54, 1.807) is 6.07 Å². The van der Waals surface area contributed by atoms with Gasteiger partial charge >= 0.3 is 0 Å². The van der Waals surface area contributed by atoms with Crippen LogP contribution in [0.5, 0.6) is 0 Å². The molecule has 2 aromatic carbocycles. The van der Waals surface area contributed by atoms with Crippen molar-refractivity contribution in [1.82, 2.24) is 15.4 Å². The van der Waals surface area contributed by atoms with Crippen molar-refractivity contribution in [2.24, 2.45) is 0 Å². The smallest absolute Gasteiger partial charge is 0.272 e. The molecule has 0 radical (unpaired) electrons. The van der Waals surface area contributed by atoms with Crippen LogP contribution < -0.4 is 21.9 Å². The van der Waals surface area contributed by atoms with Crippen molar-refractivity contribution in [3.63, 3.8) is 0 Å². The maximum Gasteiger partial charge on any atom is 0.272 e. The van der Waals surface area contributed by atoms with E-state index >= 15 is 0 Å². The highest BCUT2D eigenvalue weighted by atomic mass is 19.1. The standard InChI is InChI=1S/C19H16F2N6O2/c20-13-7-3-1-5-11(13)9-15(28)25-16-17(22)23-10-24-18(16)26-27-19(29)12-6-2-4-8-14(12)21/h1-8,10H,9H2,(H,25,28)(H,27,29)(H3,22,23,24,26). The molecule has 29 heavy (non-hydrogen) atoms. The Morgan fingerprint density at radius 2 is 1.66 bits per heavy atom. The molecule has 0 unspecified atom stereocenters. The van der Waals surface area contributed by atoms with Crippen molar-refractivity contribution in [1.29, 1.82) is 0 Å². The Balaban J connectivity index is 1.72. The number of rotatable bonds is 6. The summed E-state index contributed by atoms with van der Waals surface area (Å²) in [6.45, 7) is 0. The Labute approximate surface area is 164 Å². The van der Waals surface area contributed by atoms with Crippen LogP contribution in [0.15, 0.2) is 54.9 Å². The summed E-state index contributed by atoms with van der Waals surface area (Å²) < 4.78 is 27.4. The quantitative estimate of drug-likeness (QED) is 0.473. The van der Waals surface area contributed by atoms with Gasteiger partial charge in [-0.05, 0) is 23.8 Å². The molecule has 8 nitrogen and oxygen atoms in total. The number of nitrogen functional groups attached to an aromatic ring is 1. The fourth-order valence-corrected chi connectivity index (χ4v) is 2.44. The number of amides is 2. The molecule has 0 bridgehead atoms. The van der Waals surface area contributed by atoms with E-state index in [1.807, 2.05) is 0 Å². The summed E-state index contributed by atoms with van der Waals surface area (Å²) in [5.41, 5.74) is 10.5. The fraction of sp³-hybridized carbons (Fsp3) is 0.0526. The Morgan fingerprint density at radius 1 is 0.966 bits per heavy atom. The van der Waals surface area contributed by atoms with Gasteiger partial charge in [-0.2, -0.15) is 0 Å². The number of nitrogens with two attached hydrogens (primary N) is 1. The molecule has 0 aliphatic rings. The van der Waals surface area contributed by atoms with Gasteiger partial charge in [0.05, 0.1) is 12.0 Å². The van der Waals surface area contributed by atoms with Crippen molar-refractivity contribution < 1.29 is 18.4 Å². The zero-order valence-electron chi connectivity index (χ0n) is 14.9. The SMILES string of the molecule is Nc1ncnc(NNC(=O)c2ccccc2F)c1NC(=O)Cc1ccccc1F. The highest BCUT2D eigenvalue weighted by molar-refractivity contribution is 5.99. The van der Waals surface area contributed by atoms with Gasteiger partial charge in [-0.1, -0.05) is 30.3 Å². The Morgan fingerprint density at radius 3 is 2.38 bits per heavy atom. The van der Waals surface area contributed by atoms with Crippen LogP contribution in [0.3, 0.4) is 0 Å². The van der Waals surface area contributed by atoms with E-state index in [0.717, 1.165) is 12.4 Å². The van der Waals surface area contributed by atoms with Crippen LogP contribution in [-0.4, -0.2) is 21.8 Å². The topological polar surface area (TPSA) is 122 Å². The van der Waals surface area contributed by atoms with Gasteiger partial charge in [0.2, 0.25) is 5.91 Å². The van der Waals surface area contributed by atoms with Crippen molar-refractivity contribution in [3.8, 4) is 0 Å². The predicted octanol–water partition coefficient (Wildman–Crippen LogP) is 2.28. The summed E-state index contributed by atoms with van der Waals surface area (Å²) in [5, 5.41) is 2.49. The van der Waals surface area contributed by atoms with E-state index in [4.69, 9.17) is 5.73 Å². The van der Waals surface area contributed by atoms with Crippen LogP contribution in [0.1, 0.15) is 15.9 Å². The lowest BCUT2D eigenvalue weighted by atomic mass is 10.1. The lowest BCUT2D eigenvalue weighted by Crippen LogP contribution is -2.31. The molecule has 1 heterocycles. The van der Waals surface area contributed by atoms with Crippen LogP contribution in [-0.2, 0) is 11.2 Å². The zero-order chi connectivity index (χ0) is 20.8. The number of carbonyl (C=O) groups excluding carboxylic acids is 2. The normalized spacial score (nSPS) is 10.3. The molecule has 2 amide bonds. The second-order valence-corrected chi connectivity index (χ2v) is 5.86. The zero-order valence-corrected chi connectivity index (χ0v) is 14.9. The minimum atomic E-state index is -0.760. The monoisotopic (exact) mass is 398 g/mol. The van der Waals surface area contributed by atoms with Crippen LogP contribution in [0, 0.1) is 11.6 Å². The maximum absolute atomic E-state index is 13.7. The minimum Gasteiger partial charge on any atom is -0.382 e. The number of nitrogens with one attached hydrogen (secondary N) is 3. The van der Waals surface area contributed by atoms with Gasteiger partial charge in [0.1, 0.15) is 23.6 Å². The van der Waals surface area contributed by atoms with Gasteiger partial charge < -0.3 is 11.1 Å². The largest absolute Gasteiger partial charge is 0.382 e. The summed E-state index contributed by atoms with van der Waals surface area (Å²) in [5.74, 6) is -2.65. The molecule has 0 fully saturated rings. The van der Waals surface area contributed by atoms with Gasteiger partial charge in [0.15, 0.2) is 11.6 Å². The molecule has 3 aromatic rings. The third-order valence-electron chi connectivity index (χ3n) is 3.86. The minimum absolute atomic E-state index is 0.0114. The molecule has 5 N–H and O–H groups in total. The van der Waals surface area contributed by atoms with E-state index in [9.17, 15) is 18.4 Å². The van der Waals surface area contributed by atoms with E-state index in [0.29, 0.717) is 0 Å². The number of hydrogen-bond acceptors (Lipinski definition) is 6. The molecular formula is C19H16F2N6O2. The van der Waals surface area contributed by atoms with Crippen LogP contribution in [0.4, 0.5) is 26.1 Å². The van der Waals surface area contributed by atoms with Gasteiger partial charge in [0.25, 0.3) is 5.91 Å². The highest BCUT2D eigenvalue weighted by Crippen LogP contribution is 2.23. The molecule has 10 heteroatoms. The average molecular weight is 398 g/mol. The van der Waals surface area contributed by atoms with Crippen molar-refractivity contribution in [3.05, 3.63) is 77.6 Å². The highest BCUT2D eigenvalue weighted by Gasteiger charge is 2.16. The van der Waals surface area contributed by atoms with Crippen molar-refractivity contribution in [2.75, 3.05) is 16.5 Å². The maximum atomic E-state index is 13.7. The molecule has 0 aliphatic heterocycles. The molecule has 0 saturated carbocycles. The first-order valence-electron chi connectivity index (χ1n) is 8.40. The van der Waals surface area contributed by atoms with E-state index in [-0.39, 0.29) is 34.9 Å². The summed E-state index contributed by atoms with van der Waals surface area (Å²) >= 11 is 0. The summed E-state index contributed by atoms with van der Waals surface area (Å²) in [7, 11) is 0. The van der Waals surface area contributed by atoms with E-state index in [2.05, 4.69) is 26.1 Å². The fourth-order valence-electron chi connectivity index (χ4n) is 2.44. The van der Waals surface area contributed by atoms with Gasteiger partial charge in [-0.15, -0.1) is 0 Å². The number of hydrogen-bond donors (Lipinski definition) is 4. The first-order chi connectivity index (χ1) is 14.0. The number of benzene rings is 2. The summed E-state index contributed by atoms with van der Waals surface area (Å²) in [6, 6.07) is 11.3. The van der Waals surface area contributed by atoms with Gasteiger partial charge in [0, 0.05) is 0 Å². The first-order valence-corrected chi connectivity index (χ1v) is 8.40. The first kappa shape index (κ1) is 19.7. The molecule has 0 spiro atoms. The van der Waals surface area contributed by atoms with Gasteiger partial charge in [-0.3, -0.25) is 20.4 Å². The predicted molar refractivity (Wildman–Crippen MR) is 103 cm³/mol. The second kappa shape index (κ2) is 8.74. The molecular weight excluding hydrogens is 382 g/mol. The Kier molecular flexibility index (Phi) is 5.93. The summed E-state index contributed by atoms with van der Waals surface area (Å²) in [6.07, 6.45) is 0.863. The molecule has 0 atom stereocenters. The molecule has 3 rings (SSSR count). The lowest BCUT2D eigenvalue weighted by Gasteiger charge is -2.14. The van der Waals surface area contributed by atoms with Gasteiger partial charge in [-0.25, -0.2) is 18.7 Å². The number of carbonyl (C=O) groups is 2. The van der Waals surface area contributed by atoms with Crippen molar-refractivity contribution >= 4 is 29.1 Å².